The predicted molar refractivity (Wildman–Crippen MR) is 205 cm³/mol. The summed E-state index contributed by atoms with van der Waals surface area (Å²) in [5.41, 5.74) is 13.8. The molecule has 0 radical (unpaired) electrons. The molecule has 2 heteroatoms. The molecule has 0 aromatic heterocycles. The summed E-state index contributed by atoms with van der Waals surface area (Å²) in [5, 5.41) is 5.38. The molecule has 0 aliphatic carbocycles. The molecular formula is C46H48N2+2. The molecule has 0 saturated carbocycles. The summed E-state index contributed by atoms with van der Waals surface area (Å²) in [6.45, 7) is 9.46. The maximum atomic E-state index is 2.43. The highest BCUT2D eigenvalue weighted by molar-refractivity contribution is 6.03. The van der Waals surface area contributed by atoms with E-state index in [-0.39, 0.29) is 18.3 Å². The van der Waals surface area contributed by atoms with Gasteiger partial charge in [0.1, 0.15) is 14.1 Å². The van der Waals surface area contributed by atoms with E-state index in [4.69, 9.17) is 0 Å². The first-order valence-electron chi connectivity index (χ1n) is 17.0. The van der Waals surface area contributed by atoms with Crippen LogP contribution in [0.25, 0.3) is 21.5 Å². The highest BCUT2D eigenvalue weighted by Crippen LogP contribution is 2.46. The third kappa shape index (κ3) is 4.84. The van der Waals surface area contributed by atoms with E-state index in [9.17, 15) is 0 Å². The van der Waals surface area contributed by atoms with Gasteiger partial charge in [0.05, 0.1) is 10.8 Å². The van der Waals surface area contributed by atoms with Crippen LogP contribution in [0.15, 0.2) is 121 Å². The highest BCUT2D eigenvalue weighted by Gasteiger charge is 2.47. The van der Waals surface area contributed by atoms with Crippen LogP contribution < -0.4 is 0 Å². The molecule has 48 heavy (non-hydrogen) atoms. The van der Waals surface area contributed by atoms with Gasteiger partial charge in [-0.3, -0.25) is 0 Å². The molecule has 0 spiro atoms. The van der Waals surface area contributed by atoms with Crippen molar-refractivity contribution in [3.8, 4) is 0 Å². The quantitative estimate of drug-likeness (QED) is 0.162. The van der Waals surface area contributed by atoms with Crippen molar-refractivity contribution in [2.24, 2.45) is 0 Å². The Balaban J connectivity index is 0.00000364. The van der Waals surface area contributed by atoms with Crippen LogP contribution in [0.4, 0.5) is 11.4 Å². The van der Waals surface area contributed by atoms with Crippen LogP contribution in [0.3, 0.4) is 0 Å². The minimum atomic E-state index is -0.0460. The van der Waals surface area contributed by atoms with Crippen molar-refractivity contribution in [3.63, 3.8) is 0 Å². The molecule has 0 bridgehead atoms. The zero-order valence-corrected chi connectivity index (χ0v) is 28.6. The second kappa shape index (κ2) is 11.7. The second-order valence-electron chi connectivity index (χ2n) is 14.5. The van der Waals surface area contributed by atoms with Crippen molar-refractivity contribution in [3.05, 3.63) is 155 Å². The van der Waals surface area contributed by atoms with E-state index in [1.165, 1.54) is 77.7 Å². The lowest BCUT2D eigenvalue weighted by molar-refractivity contribution is -0.403. The Morgan fingerprint density at radius 1 is 0.458 bits per heavy atom. The standard InChI is InChI=1S/C45H44N2.CH4/c1-30-44(3,42-38-13-9-7-11-36(38)23-25-40(42)46(30)5)28-34-19-15-32(16-20-34)27-33-17-21-35(22-18-33)29-45(4)31(2)47(6)41-26-24-37-12-8-10-14-39(37)43(41)45;/h7-26H,27-29H2,1-6H3;1H4/q+2;. The highest BCUT2D eigenvalue weighted by atomic mass is 15.0. The average molecular weight is 629 g/mol. The summed E-state index contributed by atoms with van der Waals surface area (Å²) in [6, 6.07) is 45.5. The molecule has 0 amide bonds. The Bertz CT molecular complexity index is 2110. The van der Waals surface area contributed by atoms with Gasteiger partial charge < -0.3 is 0 Å². The van der Waals surface area contributed by atoms with E-state index in [2.05, 4.69) is 172 Å². The summed E-state index contributed by atoms with van der Waals surface area (Å²) in [6.07, 6.45) is 2.92. The van der Waals surface area contributed by atoms with Crippen molar-refractivity contribution in [1.82, 2.24) is 0 Å². The van der Waals surface area contributed by atoms with E-state index in [0.717, 1.165) is 19.3 Å². The lowest BCUT2D eigenvalue weighted by Crippen LogP contribution is -2.32. The van der Waals surface area contributed by atoms with Gasteiger partial charge in [0.25, 0.3) is 0 Å². The van der Waals surface area contributed by atoms with Crippen molar-refractivity contribution in [2.75, 3.05) is 14.1 Å². The van der Waals surface area contributed by atoms with E-state index < -0.39 is 0 Å². The lowest BCUT2D eigenvalue weighted by Gasteiger charge is -2.24. The molecule has 0 fully saturated rings. The van der Waals surface area contributed by atoms with Gasteiger partial charge in [-0.05, 0) is 89.0 Å². The van der Waals surface area contributed by atoms with Gasteiger partial charge in [-0.2, -0.15) is 0 Å². The molecule has 6 aromatic carbocycles. The lowest BCUT2D eigenvalue weighted by atomic mass is 9.73. The third-order valence-corrected chi connectivity index (χ3v) is 11.8. The minimum Gasteiger partial charge on any atom is -0.202 e. The molecule has 2 atom stereocenters. The van der Waals surface area contributed by atoms with E-state index in [0.29, 0.717) is 0 Å². The molecule has 2 nitrogen and oxygen atoms in total. The fourth-order valence-electron chi connectivity index (χ4n) is 8.74. The molecule has 0 N–H and O–H groups in total. The van der Waals surface area contributed by atoms with Crippen molar-refractivity contribution >= 4 is 44.3 Å². The minimum absolute atomic E-state index is 0. The SMILES string of the molecule is C.CC1=[N+](C)c2ccc3ccccc3c2C1(C)Cc1ccc(Cc2ccc(CC3(C)C(C)=[N+](C)c4ccc5ccccc5c43)cc2)cc1. The molecule has 2 aliphatic rings. The fourth-order valence-corrected chi connectivity index (χ4v) is 8.74. The maximum Gasteiger partial charge on any atom is 0.209 e. The van der Waals surface area contributed by atoms with Crippen LogP contribution in [0.1, 0.15) is 68.5 Å². The van der Waals surface area contributed by atoms with Gasteiger partial charge in [0, 0.05) is 37.1 Å². The van der Waals surface area contributed by atoms with E-state index in [1.54, 1.807) is 0 Å². The number of hydrogen-bond acceptors (Lipinski definition) is 0. The van der Waals surface area contributed by atoms with E-state index in [1.807, 2.05) is 0 Å². The van der Waals surface area contributed by atoms with Gasteiger partial charge in [0.2, 0.25) is 11.4 Å². The third-order valence-electron chi connectivity index (χ3n) is 11.8. The summed E-state index contributed by atoms with van der Waals surface area (Å²) < 4.78 is 4.79. The van der Waals surface area contributed by atoms with Crippen molar-refractivity contribution in [2.45, 2.75) is 65.2 Å². The second-order valence-corrected chi connectivity index (χ2v) is 14.5. The molecule has 8 rings (SSSR count). The van der Waals surface area contributed by atoms with Gasteiger partial charge in [0.15, 0.2) is 11.4 Å². The number of benzene rings is 6. The number of hydrogen-bond donors (Lipinski definition) is 0. The zero-order valence-electron chi connectivity index (χ0n) is 28.6. The van der Waals surface area contributed by atoms with Crippen LogP contribution in [-0.4, -0.2) is 34.7 Å². The first-order valence-corrected chi connectivity index (χ1v) is 17.0. The van der Waals surface area contributed by atoms with Crippen LogP contribution in [0.2, 0.25) is 0 Å². The van der Waals surface area contributed by atoms with Crippen LogP contribution in [0, 0.1) is 0 Å². The van der Waals surface area contributed by atoms with Crippen molar-refractivity contribution < 1.29 is 9.15 Å². The van der Waals surface area contributed by atoms with Gasteiger partial charge in [-0.1, -0.05) is 104 Å². The zero-order chi connectivity index (χ0) is 32.5. The number of fused-ring (bicyclic) bond motifs is 6. The van der Waals surface area contributed by atoms with E-state index >= 15 is 0 Å². The van der Waals surface area contributed by atoms with Gasteiger partial charge >= 0.3 is 0 Å². The van der Waals surface area contributed by atoms with Gasteiger partial charge in [-0.15, -0.1) is 0 Å². The van der Waals surface area contributed by atoms with Crippen molar-refractivity contribution in [1.29, 1.82) is 0 Å². The van der Waals surface area contributed by atoms with Crippen LogP contribution in [0.5, 0.6) is 0 Å². The normalized spacial score (nSPS) is 20.0. The predicted octanol–water partition coefficient (Wildman–Crippen LogP) is 10.7. The summed E-state index contributed by atoms with van der Waals surface area (Å²) in [7, 11) is 4.44. The first kappa shape index (κ1) is 31.8. The summed E-state index contributed by atoms with van der Waals surface area (Å²) >= 11 is 0. The molecule has 2 aliphatic heterocycles. The molecule has 240 valence electrons. The number of nitrogens with zero attached hydrogens (tertiary/aromatic N) is 2. The first-order chi connectivity index (χ1) is 22.7. The van der Waals surface area contributed by atoms with Crippen LogP contribution in [-0.2, 0) is 30.1 Å². The maximum absolute atomic E-state index is 2.43. The topological polar surface area (TPSA) is 6.02 Å². The monoisotopic (exact) mass is 628 g/mol. The smallest absolute Gasteiger partial charge is 0.202 e. The molecule has 0 saturated heterocycles. The molecule has 2 heterocycles. The van der Waals surface area contributed by atoms with Crippen LogP contribution >= 0.6 is 0 Å². The Morgan fingerprint density at radius 3 is 1.21 bits per heavy atom. The summed E-state index contributed by atoms with van der Waals surface area (Å²) in [5.74, 6) is 0. The Kier molecular flexibility index (Phi) is 7.74. The molecule has 6 aromatic rings. The Hall–Kier alpha value is -4.82. The fraction of sp³-hybridized carbons (Fsp3) is 0.261. The molecular weight excluding hydrogens is 581 g/mol. The van der Waals surface area contributed by atoms with Gasteiger partial charge in [-0.25, -0.2) is 9.15 Å². The average Bonchev–Trinajstić information content (AvgIpc) is 3.41. The molecule has 2 unspecified atom stereocenters. The largest absolute Gasteiger partial charge is 0.209 e. The summed E-state index contributed by atoms with van der Waals surface area (Å²) in [4.78, 5) is 0. The Labute approximate surface area is 286 Å². The Morgan fingerprint density at radius 2 is 0.812 bits per heavy atom. The number of rotatable bonds is 6.